The molecule has 0 radical (unpaired) electrons. The molecule has 1 aromatic carbocycles. The molecule has 0 unspecified atom stereocenters. The van der Waals surface area contributed by atoms with E-state index in [0.29, 0.717) is 43.7 Å². The van der Waals surface area contributed by atoms with Crippen LogP contribution in [0, 0.1) is 5.92 Å². The van der Waals surface area contributed by atoms with Crippen LogP contribution in [0.4, 0.5) is 4.79 Å². The van der Waals surface area contributed by atoms with Crippen molar-refractivity contribution < 1.29 is 19.1 Å². The molecular formula is C25H33N3O4S. The van der Waals surface area contributed by atoms with Crippen molar-refractivity contribution >= 4 is 23.3 Å². The van der Waals surface area contributed by atoms with Gasteiger partial charge in [-0.05, 0) is 60.7 Å². The predicted octanol–water partition coefficient (Wildman–Crippen LogP) is 4.09. The lowest BCUT2D eigenvalue weighted by Crippen LogP contribution is -2.50. The summed E-state index contributed by atoms with van der Waals surface area (Å²) < 4.78 is 11.6. The van der Waals surface area contributed by atoms with Crippen molar-refractivity contribution in [1.82, 2.24) is 15.1 Å². The molecule has 1 fully saturated rings. The van der Waals surface area contributed by atoms with Crippen molar-refractivity contribution in [1.29, 1.82) is 0 Å². The average molecular weight is 472 g/mol. The fraction of sp³-hybridized carbons (Fsp3) is 0.520. The van der Waals surface area contributed by atoms with Crippen molar-refractivity contribution in [3.63, 3.8) is 0 Å². The van der Waals surface area contributed by atoms with Gasteiger partial charge in [0.1, 0.15) is 13.2 Å². The zero-order valence-electron chi connectivity index (χ0n) is 19.4. The molecule has 1 atom stereocenters. The third kappa shape index (κ3) is 5.79. The van der Waals surface area contributed by atoms with Gasteiger partial charge in [-0.15, -0.1) is 11.3 Å². The second-order valence-corrected chi connectivity index (χ2v) is 9.67. The number of ether oxygens (including phenoxy) is 2. The van der Waals surface area contributed by atoms with Gasteiger partial charge in [-0.1, -0.05) is 19.1 Å². The Bertz CT molecular complexity index is 959. The lowest BCUT2D eigenvalue weighted by atomic mass is 10.0. The Hall–Kier alpha value is -2.74. The Kier molecular flexibility index (Phi) is 7.75. The van der Waals surface area contributed by atoms with E-state index in [1.54, 1.807) is 23.3 Å². The maximum atomic E-state index is 13.5. The zero-order chi connectivity index (χ0) is 23.2. The standard InChI is InChI=1S/C25H33N3O4S/c1-3-12-26-25(30)27(15-18-8-9-18)16-24(29)28-13-10-23-19(11-14-33-23)20(28)17-32-22-7-5-4-6-21(22)31-2/h4-7,11,14,18,20H,3,8-10,12-13,15-17H2,1-2H3,(H,26,30)/t20-/m1/s1. The normalized spacial score (nSPS) is 17.3. The summed E-state index contributed by atoms with van der Waals surface area (Å²) in [6, 6.07) is 9.29. The highest BCUT2D eigenvalue weighted by molar-refractivity contribution is 7.10. The highest BCUT2D eigenvalue weighted by Gasteiger charge is 2.35. The summed E-state index contributed by atoms with van der Waals surface area (Å²) in [5.41, 5.74) is 1.14. The monoisotopic (exact) mass is 471 g/mol. The van der Waals surface area contributed by atoms with E-state index in [4.69, 9.17) is 9.47 Å². The van der Waals surface area contributed by atoms with Crippen LogP contribution in [0.1, 0.15) is 42.7 Å². The van der Waals surface area contributed by atoms with Gasteiger partial charge in [-0.3, -0.25) is 4.79 Å². The van der Waals surface area contributed by atoms with E-state index in [0.717, 1.165) is 31.2 Å². The minimum absolute atomic E-state index is 0.0345. The van der Waals surface area contributed by atoms with Gasteiger partial charge in [-0.2, -0.15) is 0 Å². The molecule has 2 heterocycles. The Morgan fingerprint density at radius 2 is 2.00 bits per heavy atom. The van der Waals surface area contributed by atoms with Crippen LogP contribution in [0.25, 0.3) is 0 Å². The summed E-state index contributed by atoms with van der Waals surface area (Å²) >= 11 is 1.72. The van der Waals surface area contributed by atoms with Gasteiger partial charge in [0.05, 0.1) is 13.2 Å². The third-order valence-corrected chi connectivity index (χ3v) is 7.19. The first-order valence-electron chi connectivity index (χ1n) is 11.7. The van der Waals surface area contributed by atoms with Crippen LogP contribution in [-0.4, -0.2) is 61.6 Å². The number of urea groups is 1. The summed E-state index contributed by atoms with van der Waals surface area (Å²) in [6.45, 7) is 4.33. The summed E-state index contributed by atoms with van der Waals surface area (Å²) in [6.07, 6.45) is 3.95. The molecule has 1 aliphatic carbocycles. The number of rotatable bonds is 10. The van der Waals surface area contributed by atoms with Crippen LogP contribution in [0.2, 0.25) is 0 Å². The molecule has 3 amide bonds. The highest BCUT2D eigenvalue weighted by Crippen LogP contribution is 2.35. The van der Waals surface area contributed by atoms with Crippen molar-refractivity contribution in [2.24, 2.45) is 5.92 Å². The quantitative estimate of drug-likeness (QED) is 0.567. The molecule has 1 saturated carbocycles. The van der Waals surface area contributed by atoms with Crippen molar-refractivity contribution in [2.45, 2.75) is 38.6 Å². The largest absolute Gasteiger partial charge is 0.493 e. The van der Waals surface area contributed by atoms with Crippen LogP contribution in [0.5, 0.6) is 11.5 Å². The molecular weight excluding hydrogens is 438 g/mol. The van der Waals surface area contributed by atoms with Crippen molar-refractivity contribution in [3.8, 4) is 11.5 Å². The molecule has 0 saturated heterocycles. The van der Waals surface area contributed by atoms with Gasteiger partial charge in [0, 0.05) is 24.5 Å². The molecule has 1 aromatic heterocycles. The first-order valence-corrected chi connectivity index (χ1v) is 12.6. The van der Waals surface area contributed by atoms with Crippen LogP contribution in [0.3, 0.4) is 0 Å². The van der Waals surface area contributed by atoms with Crippen LogP contribution >= 0.6 is 11.3 Å². The number of carbonyl (C=O) groups is 2. The Balaban J connectivity index is 1.48. The first-order chi connectivity index (χ1) is 16.1. The molecule has 7 nitrogen and oxygen atoms in total. The van der Waals surface area contributed by atoms with Crippen LogP contribution in [-0.2, 0) is 11.2 Å². The maximum Gasteiger partial charge on any atom is 0.317 e. The number of benzene rings is 1. The van der Waals surface area contributed by atoms with Crippen LogP contribution < -0.4 is 14.8 Å². The fourth-order valence-electron chi connectivity index (χ4n) is 4.21. The number of para-hydroxylation sites is 2. The smallest absolute Gasteiger partial charge is 0.317 e. The number of hydrogen-bond acceptors (Lipinski definition) is 5. The second-order valence-electron chi connectivity index (χ2n) is 8.67. The van der Waals surface area contributed by atoms with Crippen LogP contribution in [0.15, 0.2) is 35.7 Å². The van der Waals surface area contributed by atoms with Crippen molar-refractivity contribution in [2.75, 3.05) is 39.9 Å². The molecule has 0 bridgehead atoms. The number of nitrogens with one attached hydrogen (secondary N) is 1. The molecule has 4 rings (SSSR count). The number of nitrogens with zero attached hydrogens (tertiary/aromatic N) is 2. The Labute approximate surface area is 199 Å². The highest BCUT2D eigenvalue weighted by atomic mass is 32.1. The minimum atomic E-state index is -0.195. The molecule has 8 heteroatoms. The van der Waals surface area contributed by atoms with E-state index in [1.807, 2.05) is 36.1 Å². The van der Waals surface area contributed by atoms with E-state index in [2.05, 4.69) is 16.8 Å². The lowest BCUT2D eigenvalue weighted by molar-refractivity contribution is -0.135. The topological polar surface area (TPSA) is 71.1 Å². The SMILES string of the molecule is CCCNC(=O)N(CC(=O)N1CCc2sccc2[C@H]1COc1ccccc1OC)CC1CC1. The molecule has 178 valence electrons. The van der Waals surface area contributed by atoms with Gasteiger partial charge in [0.2, 0.25) is 5.91 Å². The third-order valence-electron chi connectivity index (χ3n) is 6.20. The predicted molar refractivity (Wildman–Crippen MR) is 129 cm³/mol. The minimum Gasteiger partial charge on any atom is -0.493 e. The van der Waals surface area contributed by atoms with E-state index in [1.165, 1.54) is 4.88 Å². The molecule has 0 spiro atoms. The Morgan fingerprint density at radius 1 is 1.21 bits per heavy atom. The van der Waals surface area contributed by atoms with Gasteiger partial charge >= 0.3 is 6.03 Å². The zero-order valence-corrected chi connectivity index (χ0v) is 20.2. The second kappa shape index (κ2) is 10.9. The molecule has 2 aromatic rings. The lowest BCUT2D eigenvalue weighted by Gasteiger charge is -2.37. The molecule has 1 N–H and O–H groups in total. The number of carbonyl (C=O) groups excluding carboxylic acids is 2. The summed E-state index contributed by atoms with van der Waals surface area (Å²) in [5, 5.41) is 5.01. The van der Waals surface area contributed by atoms with E-state index in [9.17, 15) is 9.59 Å². The molecule has 1 aliphatic heterocycles. The van der Waals surface area contributed by atoms with Gasteiger partial charge < -0.3 is 24.6 Å². The number of hydrogen-bond donors (Lipinski definition) is 1. The fourth-order valence-corrected chi connectivity index (χ4v) is 5.14. The van der Waals surface area contributed by atoms with Crippen molar-refractivity contribution in [3.05, 3.63) is 46.2 Å². The number of thiophene rings is 1. The van der Waals surface area contributed by atoms with E-state index >= 15 is 0 Å². The summed E-state index contributed by atoms with van der Waals surface area (Å²) in [7, 11) is 1.62. The Morgan fingerprint density at radius 3 is 2.73 bits per heavy atom. The number of methoxy groups -OCH3 is 1. The average Bonchev–Trinajstić information content (AvgIpc) is 3.52. The summed E-state index contributed by atoms with van der Waals surface area (Å²) in [5.74, 6) is 1.80. The van der Waals surface area contributed by atoms with E-state index in [-0.39, 0.29) is 24.5 Å². The molecule has 33 heavy (non-hydrogen) atoms. The van der Waals surface area contributed by atoms with E-state index < -0.39 is 0 Å². The molecule has 2 aliphatic rings. The van der Waals surface area contributed by atoms with Gasteiger partial charge in [0.25, 0.3) is 0 Å². The number of fused-ring (bicyclic) bond motifs is 1. The van der Waals surface area contributed by atoms with Gasteiger partial charge in [-0.25, -0.2) is 4.79 Å². The van der Waals surface area contributed by atoms with Gasteiger partial charge in [0.15, 0.2) is 11.5 Å². The summed E-state index contributed by atoms with van der Waals surface area (Å²) in [4.78, 5) is 31.1. The first kappa shape index (κ1) is 23.4. The number of amides is 3. The maximum absolute atomic E-state index is 13.5.